The number of carbonyl (C=O) groups is 1. The van der Waals surface area contributed by atoms with E-state index < -0.39 is 0 Å². The van der Waals surface area contributed by atoms with E-state index in [0.717, 1.165) is 24.6 Å². The van der Waals surface area contributed by atoms with Gasteiger partial charge in [0.1, 0.15) is 11.5 Å². The number of hydrogen-bond acceptors (Lipinski definition) is 4. The molecular formula is C17H19N3O2. The first kappa shape index (κ1) is 14.5. The SMILES string of the molecule is CN(C(=O)c1cccc(N2CCOCC2)n1)c1ccccc1. The topological polar surface area (TPSA) is 45.7 Å². The number of nitrogens with zero attached hydrogens (tertiary/aromatic N) is 3. The number of benzene rings is 1. The maximum atomic E-state index is 12.6. The third kappa shape index (κ3) is 3.09. The molecule has 114 valence electrons. The lowest BCUT2D eigenvalue weighted by Gasteiger charge is -2.28. The first-order valence-corrected chi connectivity index (χ1v) is 7.38. The fourth-order valence-corrected chi connectivity index (χ4v) is 2.45. The van der Waals surface area contributed by atoms with Crippen LogP contribution < -0.4 is 9.80 Å². The first-order chi connectivity index (χ1) is 10.8. The van der Waals surface area contributed by atoms with Gasteiger partial charge in [0.15, 0.2) is 0 Å². The van der Waals surface area contributed by atoms with Crippen LogP contribution in [0.5, 0.6) is 0 Å². The summed E-state index contributed by atoms with van der Waals surface area (Å²) in [6, 6.07) is 15.1. The Labute approximate surface area is 130 Å². The second-order valence-electron chi connectivity index (χ2n) is 5.18. The Morgan fingerprint density at radius 2 is 1.82 bits per heavy atom. The van der Waals surface area contributed by atoms with Crippen LogP contribution in [0.3, 0.4) is 0 Å². The molecule has 2 aromatic rings. The second kappa shape index (κ2) is 6.58. The van der Waals surface area contributed by atoms with Gasteiger partial charge in [-0.2, -0.15) is 0 Å². The first-order valence-electron chi connectivity index (χ1n) is 7.38. The summed E-state index contributed by atoms with van der Waals surface area (Å²) in [5, 5.41) is 0. The summed E-state index contributed by atoms with van der Waals surface area (Å²) in [5.41, 5.74) is 1.31. The Bertz CT molecular complexity index is 639. The van der Waals surface area contributed by atoms with Gasteiger partial charge >= 0.3 is 0 Å². The second-order valence-corrected chi connectivity index (χ2v) is 5.18. The van der Waals surface area contributed by atoms with Crippen LogP contribution in [0, 0.1) is 0 Å². The normalized spacial score (nSPS) is 14.7. The molecule has 0 saturated carbocycles. The number of amides is 1. The Kier molecular flexibility index (Phi) is 4.34. The summed E-state index contributed by atoms with van der Waals surface area (Å²) >= 11 is 0. The molecular weight excluding hydrogens is 278 g/mol. The van der Waals surface area contributed by atoms with E-state index in [0.29, 0.717) is 18.9 Å². The van der Waals surface area contributed by atoms with Crippen LogP contribution >= 0.6 is 0 Å². The van der Waals surface area contributed by atoms with Crippen molar-refractivity contribution in [3.05, 3.63) is 54.2 Å². The van der Waals surface area contributed by atoms with Gasteiger partial charge in [-0.05, 0) is 24.3 Å². The van der Waals surface area contributed by atoms with Crippen LogP contribution in [0.1, 0.15) is 10.5 Å². The van der Waals surface area contributed by atoms with Crippen LogP contribution in [0.2, 0.25) is 0 Å². The van der Waals surface area contributed by atoms with E-state index in [1.165, 1.54) is 0 Å². The molecule has 1 aliphatic heterocycles. The van der Waals surface area contributed by atoms with E-state index >= 15 is 0 Å². The molecule has 0 N–H and O–H groups in total. The summed E-state index contributed by atoms with van der Waals surface area (Å²) < 4.78 is 5.35. The predicted molar refractivity (Wildman–Crippen MR) is 86.4 cm³/mol. The molecule has 1 fully saturated rings. The van der Waals surface area contributed by atoms with E-state index in [2.05, 4.69) is 9.88 Å². The molecule has 0 spiro atoms. The number of carbonyl (C=O) groups excluding carboxylic acids is 1. The summed E-state index contributed by atoms with van der Waals surface area (Å²) in [7, 11) is 1.76. The molecule has 1 amide bonds. The zero-order valence-electron chi connectivity index (χ0n) is 12.6. The standard InChI is InChI=1S/C17H19N3O2/c1-19(14-6-3-2-4-7-14)17(21)15-8-5-9-16(18-15)20-10-12-22-13-11-20/h2-9H,10-13H2,1H3. The van der Waals surface area contributed by atoms with E-state index in [-0.39, 0.29) is 5.91 Å². The highest BCUT2D eigenvalue weighted by Crippen LogP contribution is 2.17. The lowest BCUT2D eigenvalue weighted by molar-refractivity contribution is 0.0988. The Morgan fingerprint density at radius 1 is 1.09 bits per heavy atom. The maximum absolute atomic E-state index is 12.6. The molecule has 1 aromatic heterocycles. The van der Waals surface area contributed by atoms with Crippen molar-refractivity contribution in [3.8, 4) is 0 Å². The largest absolute Gasteiger partial charge is 0.378 e. The Balaban J connectivity index is 1.80. The van der Waals surface area contributed by atoms with Crippen molar-refractivity contribution in [2.45, 2.75) is 0 Å². The number of anilines is 2. The third-order valence-corrected chi connectivity index (χ3v) is 3.74. The average Bonchev–Trinajstić information content (AvgIpc) is 2.62. The monoisotopic (exact) mass is 297 g/mol. The van der Waals surface area contributed by atoms with Crippen molar-refractivity contribution in [2.24, 2.45) is 0 Å². The van der Waals surface area contributed by atoms with Gasteiger partial charge in [-0.3, -0.25) is 4.79 Å². The van der Waals surface area contributed by atoms with Gasteiger partial charge in [-0.25, -0.2) is 4.98 Å². The summed E-state index contributed by atoms with van der Waals surface area (Å²) in [4.78, 5) is 20.9. The van der Waals surface area contributed by atoms with Gasteiger partial charge in [-0.15, -0.1) is 0 Å². The molecule has 0 atom stereocenters. The van der Waals surface area contributed by atoms with Gasteiger partial charge in [0, 0.05) is 25.8 Å². The zero-order valence-corrected chi connectivity index (χ0v) is 12.6. The van der Waals surface area contributed by atoms with Crippen molar-refractivity contribution in [1.82, 2.24) is 4.98 Å². The minimum atomic E-state index is -0.110. The third-order valence-electron chi connectivity index (χ3n) is 3.74. The smallest absolute Gasteiger partial charge is 0.276 e. The molecule has 1 aromatic carbocycles. The van der Waals surface area contributed by atoms with Gasteiger partial charge < -0.3 is 14.5 Å². The van der Waals surface area contributed by atoms with Crippen molar-refractivity contribution < 1.29 is 9.53 Å². The number of hydrogen-bond donors (Lipinski definition) is 0. The van der Waals surface area contributed by atoms with Gasteiger partial charge in [-0.1, -0.05) is 24.3 Å². The van der Waals surface area contributed by atoms with Crippen LogP contribution in [0.4, 0.5) is 11.5 Å². The van der Waals surface area contributed by atoms with Crippen LogP contribution in [0.15, 0.2) is 48.5 Å². The number of morpholine rings is 1. The number of ether oxygens (including phenoxy) is 1. The summed E-state index contributed by atoms with van der Waals surface area (Å²) in [6.45, 7) is 3.01. The molecule has 2 heterocycles. The molecule has 0 radical (unpaired) electrons. The van der Waals surface area contributed by atoms with E-state index in [4.69, 9.17) is 4.74 Å². The predicted octanol–water partition coefficient (Wildman–Crippen LogP) is 2.19. The maximum Gasteiger partial charge on any atom is 0.276 e. The Hall–Kier alpha value is -2.40. The van der Waals surface area contributed by atoms with Crippen molar-refractivity contribution >= 4 is 17.4 Å². The minimum Gasteiger partial charge on any atom is -0.378 e. The summed E-state index contributed by atoms with van der Waals surface area (Å²) in [6.07, 6.45) is 0. The number of pyridine rings is 1. The van der Waals surface area contributed by atoms with Crippen LogP contribution in [-0.2, 0) is 4.74 Å². The minimum absolute atomic E-state index is 0.110. The van der Waals surface area contributed by atoms with Crippen molar-refractivity contribution in [3.63, 3.8) is 0 Å². The average molecular weight is 297 g/mol. The van der Waals surface area contributed by atoms with E-state index in [9.17, 15) is 4.79 Å². The molecule has 22 heavy (non-hydrogen) atoms. The zero-order chi connectivity index (χ0) is 15.4. The lowest BCUT2D eigenvalue weighted by Crippen LogP contribution is -2.37. The molecule has 1 aliphatic rings. The molecule has 5 nitrogen and oxygen atoms in total. The highest BCUT2D eigenvalue weighted by molar-refractivity contribution is 6.04. The molecule has 5 heteroatoms. The van der Waals surface area contributed by atoms with Crippen molar-refractivity contribution in [1.29, 1.82) is 0 Å². The fourth-order valence-electron chi connectivity index (χ4n) is 2.45. The molecule has 0 bridgehead atoms. The number of rotatable bonds is 3. The van der Waals surface area contributed by atoms with Gasteiger partial charge in [0.25, 0.3) is 5.91 Å². The van der Waals surface area contributed by atoms with Gasteiger partial charge in [0.2, 0.25) is 0 Å². The molecule has 3 rings (SSSR count). The van der Waals surface area contributed by atoms with Crippen molar-refractivity contribution in [2.75, 3.05) is 43.2 Å². The quantitative estimate of drug-likeness (QED) is 0.871. The van der Waals surface area contributed by atoms with E-state index in [1.54, 1.807) is 18.0 Å². The highest BCUT2D eigenvalue weighted by atomic mass is 16.5. The molecule has 0 aliphatic carbocycles. The molecule has 1 saturated heterocycles. The Morgan fingerprint density at radius 3 is 2.55 bits per heavy atom. The fraction of sp³-hybridized carbons (Fsp3) is 0.294. The van der Waals surface area contributed by atoms with Gasteiger partial charge in [0.05, 0.1) is 13.2 Å². The molecule has 0 unspecified atom stereocenters. The lowest BCUT2D eigenvalue weighted by atomic mass is 10.2. The summed E-state index contributed by atoms with van der Waals surface area (Å²) in [5.74, 6) is 0.719. The van der Waals surface area contributed by atoms with Crippen LogP contribution in [-0.4, -0.2) is 44.2 Å². The number of aromatic nitrogens is 1. The highest BCUT2D eigenvalue weighted by Gasteiger charge is 2.17. The van der Waals surface area contributed by atoms with E-state index in [1.807, 2.05) is 42.5 Å². The van der Waals surface area contributed by atoms with Crippen LogP contribution in [0.25, 0.3) is 0 Å². The number of para-hydroxylation sites is 1.